The fraction of sp³-hybridized carbons (Fsp3) is 0.154. The molecule has 3 heterocycles. The zero-order valence-corrected chi connectivity index (χ0v) is 11.6. The van der Waals surface area contributed by atoms with Gasteiger partial charge in [-0.2, -0.15) is 18.2 Å². The molecule has 0 radical (unpaired) electrons. The minimum Gasteiger partial charge on any atom is -0.467 e. The minimum atomic E-state index is -4.55. The normalized spacial score (nSPS) is 11.5. The maximum Gasteiger partial charge on any atom is 0.417 e. The Kier molecular flexibility index (Phi) is 3.64. The molecule has 0 bridgehead atoms. The molecule has 0 saturated heterocycles. The summed E-state index contributed by atoms with van der Waals surface area (Å²) in [6.45, 7) is 0. The number of nitrogens with zero attached hydrogens (tertiary/aromatic N) is 5. The summed E-state index contributed by atoms with van der Waals surface area (Å²) in [5, 5.41) is 3.57. The van der Waals surface area contributed by atoms with Crippen molar-refractivity contribution in [3.63, 3.8) is 0 Å². The van der Waals surface area contributed by atoms with Gasteiger partial charge in [0.1, 0.15) is 0 Å². The minimum absolute atomic E-state index is 0.0142. The zero-order chi connectivity index (χ0) is 16.4. The van der Waals surface area contributed by atoms with Gasteiger partial charge in [-0.25, -0.2) is 9.97 Å². The Balaban J connectivity index is 1.99. The molecule has 3 rings (SSSR count). The lowest BCUT2D eigenvalue weighted by Gasteiger charge is -2.08. The lowest BCUT2D eigenvalue weighted by atomic mass is 10.1. The van der Waals surface area contributed by atoms with Gasteiger partial charge in [-0.1, -0.05) is 5.16 Å². The Morgan fingerprint density at radius 1 is 1.13 bits per heavy atom. The van der Waals surface area contributed by atoms with Gasteiger partial charge in [0, 0.05) is 24.8 Å². The highest BCUT2D eigenvalue weighted by Crippen LogP contribution is 2.35. The van der Waals surface area contributed by atoms with Crippen LogP contribution in [0, 0.1) is 0 Å². The molecule has 3 aromatic rings. The maximum absolute atomic E-state index is 13.0. The molecular formula is C13H8F3N5O2. The zero-order valence-electron chi connectivity index (χ0n) is 11.6. The first kappa shape index (κ1) is 14.9. The second-order valence-electron chi connectivity index (χ2n) is 4.30. The molecule has 0 aliphatic carbocycles. The van der Waals surface area contributed by atoms with Crippen LogP contribution in [-0.4, -0.2) is 32.2 Å². The van der Waals surface area contributed by atoms with E-state index in [9.17, 15) is 13.2 Å². The molecule has 3 aromatic heterocycles. The van der Waals surface area contributed by atoms with E-state index in [2.05, 4.69) is 25.1 Å². The van der Waals surface area contributed by atoms with Crippen LogP contribution in [0.4, 0.5) is 13.2 Å². The molecule has 0 aliphatic heterocycles. The monoisotopic (exact) mass is 323 g/mol. The van der Waals surface area contributed by atoms with E-state index in [1.807, 2.05) is 0 Å². The Morgan fingerprint density at radius 3 is 2.52 bits per heavy atom. The van der Waals surface area contributed by atoms with E-state index in [1.54, 1.807) is 0 Å². The molecule has 10 heteroatoms. The standard InChI is InChI=1S/C13H8F3N5O2/c1-22-12-18-4-7(5-19-12)11-20-10(21-23-11)8-6-17-3-2-9(8)13(14,15)16/h2-6H,1H3. The summed E-state index contributed by atoms with van der Waals surface area (Å²) in [7, 11) is 1.40. The first-order valence-electron chi connectivity index (χ1n) is 6.20. The Labute approximate surface area is 127 Å². The van der Waals surface area contributed by atoms with Crippen LogP contribution in [0.25, 0.3) is 22.8 Å². The van der Waals surface area contributed by atoms with E-state index in [0.717, 1.165) is 18.5 Å². The summed E-state index contributed by atoms with van der Waals surface area (Å²) in [6, 6.07) is 0.988. The highest BCUT2D eigenvalue weighted by atomic mass is 19.4. The largest absolute Gasteiger partial charge is 0.467 e. The third kappa shape index (κ3) is 2.96. The van der Waals surface area contributed by atoms with Crippen molar-refractivity contribution in [2.45, 2.75) is 6.18 Å². The molecule has 0 atom stereocenters. The van der Waals surface area contributed by atoms with Crippen molar-refractivity contribution in [3.8, 4) is 28.9 Å². The lowest BCUT2D eigenvalue weighted by molar-refractivity contribution is -0.137. The van der Waals surface area contributed by atoms with E-state index < -0.39 is 11.7 Å². The number of aromatic nitrogens is 5. The topological polar surface area (TPSA) is 86.8 Å². The van der Waals surface area contributed by atoms with Crippen molar-refractivity contribution in [1.82, 2.24) is 25.1 Å². The number of pyridine rings is 1. The van der Waals surface area contributed by atoms with Gasteiger partial charge in [0.25, 0.3) is 5.89 Å². The molecule has 0 unspecified atom stereocenters. The predicted octanol–water partition coefficient (Wildman–Crippen LogP) is 2.62. The summed E-state index contributed by atoms with van der Waals surface area (Å²) in [5.41, 5.74) is -0.822. The number of hydrogen-bond donors (Lipinski definition) is 0. The molecule has 0 saturated carbocycles. The summed E-state index contributed by atoms with van der Waals surface area (Å²) in [6.07, 6.45) is 0.239. The fourth-order valence-electron chi connectivity index (χ4n) is 1.80. The van der Waals surface area contributed by atoms with Gasteiger partial charge in [-0.3, -0.25) is 4.98 Å². The molecule has 0 amide bonds. The smallest absolute Gasteiger partial charge is 0.417 e. The fourth-order valence-corrected chi connectivity index (χ4v) is 1.80. The van der Waals surface area contributed by atoms with E-state index in [1.165, 1.54) is 19.5 Å². The first-order valence-corrected chi connectivity index (χ1v) is 6.20. The van der Waals surface area contributed by atoms with Gasteiger partial charge >= 0.3 is 12.2 Å². The van der Waals surface area contributed by atoms with Crippen LogP contribution in [-0.2, 0) is 6.18 Å². The number of ether oxygens (including phenoxy) is 1. The van der Waals surface area contributed by atoms with Crippen LogP contribution in [0.2, 0.25) is 0 Å². The molecule has 23 heavy (non-hydrogen) atoms. The molecule has 7 nitrogen and oxygen atoms in total. The number of methoxy groups -OCH3 is 1. The van der Waals surface area contributed by atoms with E-state index >= 15 is 0 Å². The second-order valence-corrected chi connectivity index (χ2v) is 4.30. The van der Waals surface area contributed by atoms with Crippen LogP contribution in [0.3, 0.4) is 0 Å². The van der Waals surface area contributed by atoms with E-state index in [4.69, 9.17) is 9.26 Å². The van der Waals surface area contributed by atoms with Gasteiger partial charge in [0.2, 0.25) is 5.82 Å². The van der Waals surface area contributed by atoms with Crippen molar-refractivity contribution in [1.29, 1.82) is 0 Å². The molecule has 0 aromatic carbocycles. The highest BCUT2D eigenvalue weighted by Gasteiger charge is 2.35. The van der Waals surface area contributed by atoms with Crippen LogP contribution < -0.4 is 4.74 Å². The number of alkyl halides is 3. The first-order chi connectivity index (χ1) is 11.0. The SMILES string of the molecule is COc1ncc(-c2nc(-c3cnccc3C(F)(F)F)no2)cn1. The Hall–Kier alpha value is -3.04. The molecule has 0 spiro atoms. The quantitative estimate of drug-likeness (QED) is 0.732. The van der Waals surface area contributed by atoms with Gasteiger partial charge in [-0.15, -0.1) is 0 Å². The average Bonchev–Trinajstić information content (AvgIpc) is 3.04. The van der Waals surface area contributed by atoms with Gasteiger partial charge in [-0.05, 0) is 6.07 Å². The summed E-state index contributed by atoms with van der Waals surface area (Å²) in [4.78, 5) is 15.3. The predicted molar refractivity (Wildman–Crippen MR) is 70.1 cm³/mol. The average molecular weight is 323 g/mol. The van der Waals surface area contributed by atoms with Crippen LogP contribution in [0.5, 0.6) is 6.01 Å². The molecular weight excluding hydrogens is 315 g/mol. The summed E-state index contributed by atoms with van der Waals surface area (Å²) < 4.78 is 48.8. The second kappa shape index (κ2) is 5.63. The van der Waals surface area contributed by atoms with Crippen LogP contribution in [0.1, 0.15) is 5.56 Å². The highest BCUT2D eigenvalue weighted by molar-refractivity contribution is 5.62. The number of halogens is 3. The van der Waals surface area contributed by atoms with Gasteiger partial charge in [0.15, 0.2) is 0 Å². The molecule has 0 fully saturated rings. The van der Waals surface area contributed by atoms with Crippen molar-refractivity contribution in [3.05, 3.63) is 36.4 Å². The lowest BCUT2D eigenvalue weighted by Crippen LogP contribution is -2.07. The third-order valence-corrected chi connectivity index (χ3v) is 2.85. The van der Waals surface area contributed by atoms with Crippen LogP contribution in [0.15, 0.2) is 35.4 Å². The van der Waals surface area contributed by atoms with Crippen molar-refractivity contribution >= 4 is 0 Å². The molecule has 0 aliphatic rings. The summed E-state index contributed by atoms with van der Waals surface area (Å²) >= 11 is 0. The van der Waals surface area contributed by atoms with E-state index in [0.29, 0.717) is 5.56 Å². The summed E-state index contributed by atoms with van der Waals surface area (Å²) in [5.74, 6) is -0.240. The third-order valence-electron chi connectivity index (χ3n) is 2.85. The van der Waals surface area contributed by atoms with Crippen LogP contribution >= 0.6 is 0 Å². The Morgan fingerprint density at radius 2 is 1.87 bits per heavy atom. The van der Waals surface area contributed by atoms with E-state index in [-0.39, 0.29) is 23.3 Å². The number of rotatable bonds is 3. The molecule has 0 N–H and O–H groups in total. The van der Waals surface area contributed by atoms with Gasteiger partial charge in [0.05, 0.1) is 23.8 Å². The van der Waals surface area contributed by atoms with Crippen molar-refractivity contribution < 1.29 is 22.4 Å². The van der Waals surface area contributed by atoms with Crippen molar-refractivity contribution in [2.24, 2.45) is 0 Å². The Bertz CT molecular complexity index is 817. The molecule has 118 valence electrons. The number of hydrogen-bond acceptors (Lipinski definition) is 7. The maximum atomic E-state index is 13.0. The van der Waals surface area contributed by atoms with Crippen molar-refractivity contribution in [2.75, 3.05) is 7.11 Å². The van der Waals surface area contributed by atoms with Gasteiger partial charge < -0.3 is 9.26 Å².